The molecule has 0 radical (unpaired) electrons. The summed E-state index contributed by atoms with van der Waals surface area (Å²) in [5.74, 6) is 0.204. The summed E-state index contributed by atoms with van der Waals surface area (Å²) in [6.45, 7) is 0. The third kappa shape index (κ3) is 5.47. The molecule has 1 amide bonds. The molecule has 35 heavy (non-hydrogen) atoms. The number of nitrogens with one attached hydrogen (secondary N) is 2. The molecule has 178 valence electrons. The molecule has 2 aromatic carbocycles. The highest BCUT2D eigenvalue weighted by atomic mass is 35.5. The maximum absolute atomic E-state index is 14.2. The number of aryl methyl sites for hydroxylation is 1. The van der Waals surface area contributed by atoms with Crippen molar-refractivity contribution in [2.24, 2.45) is 17.8 Å². The molecule has 8 nitrogen and oxygen atoms in total. The Morgan fingerprint density at radius 1 is 1.17 bits per heavy atom. The van der Waals surface area contributed by atoms with Gasteiger partial charge in [-0.05, 0) is 53.6 Å². The number of hydrogen-bond acceptors (Lipinski definition) is 5. The average Bonchev–Trinajstić information content (AvgIpc) is 3.29. The van der Waals surface area contributed by atoms with Crippen molar-refractivity contribution < 1.29 is 9.18 Å². The van der Waals surface area contributed by atoms with Gasteiger partial charge in [0, 0.05) is 43.0 Å². The average molecular weight is 492 g/mol. The van der Waals surface area contributed by atoms with Crippen LogP contribution in [0.2, 0.25) is 5.02 Å². The van der Waals surface area contributed by atoms with E-state index in [4.69, 9.17) is 17.3 Å². The molecule has 0 saturated carbocycles. The summed E-state index contributed by atoms with van der Waals surface area (Å²) in [4.78, 5) is 21.7. The Kier molecular flexibility index (Phi) is 7.07. The number of benzene rings is 2. The van der Waals surface area contributed by atoms with Crippen LogP contribution in [0.4, 0.5) is 10.2 Å². The first-order valence-corrected chi connectivity index (χ1v) is 11.0. The number of amidine groups is 1. The van der Waals surface area contributed by atoms with E-state index in [0.29, 0.717) is 28.3 Å². The minimum Gasteiger partial charge on any atom is -0.404 e. The Labute approximate surface area is 206 Å². The fraction of sp³-hybridized carbons (Fsp3) is 0.120. The quantitative estimate of drug-likeness (QED) is 0.276. The number of carbonyl (C=O) groups excluding carboxylic acids is 1. The number of hydrogen-bond donors (Lipinski definition) is 3. The van der Waals surface area contributed by atoms with Crippen molar-refractivity contribution in [3.05, 3.63) is 101 Å². The maximum Gasteiger partial charge on any atom is 0.252 e. The van der Waals surface area contributed by atoms with E-state index in [1.807, 2.05) is 12.1 Å². The molecule has 0 aliphatic rings. The Balaban J connectivity index is 1.64. The van der Waals surface area contributed by atoms with Gasteiger partial charge < -0.3 is 16.4 Å². The van der Waals surface area contributed by atoms with Gasteiger partial charge in [0.25, 0.3) is 5.91 Å². The summed E-state index contributed by atoms with van der Waals surface area (Å²) < 4.78 is 15.8. The normalized spacial score (nSPS) is 12.7. The molecular formula is C25H23ClFN7O. The van der Waals surface area contributed by atoms with Crippen LogP contribution in [0.25, 0.3) is 10.8 Å². The zero-order valence-electron chi connectivity index (χ0n) is 19.0. The van der Waals surface area contributed by atoms with E-state index in [-0.39, 0.29) is 10.9 Å². The van der Waals surface area contributed by atoms with E-state index >= 15 is 0 Å². The van der Waals surface area contributed by atoms with Crippen molar-refractivity contribution in [1.82, 2.24) is 20.1 Å². The molecule has 2 heterocycles. The molecule has 0 saturated heterocycles. The number of pyridine rings is 1. The molecule has 0 bridgehead atoms. The molecule has 0 unspecified atom stereocenters. The summed E-state index contributed by atoms with van der Waals surface area (Å²) >= 11 is 5.86. The zero-order valence-corrected chi connectivity index (χ0v) is 19.8. The number of rotatable bonds is 6. The lowest BCUT2D eigenvalue weighted by Crippen LogP contribution is -2.29. The maximum atomic E-state index is 14.2. The van der Waals surface area contributed by atoms with Crippen molar-refractivity contribution in [2.75, 3.05) is 12.4 Å². The lowest BCUT2D eigenvalue weighted by atomic mass is 10.0. The Bertz CT molecular complexity index is 1450. The number of nitrogens with two attached hydrogens (primary N) is 1. The fourth-order valence-corrected chi connectivity index (χ4v) is 3.72. The van der Waals surface area contributed by atoms with E-state index in [0.717, 1.165) is 10.8 Å². The minimum absolute atomic E-state index is 0.00999. The number of aromatic nitrogens is 3. The minimum atomic E-state index is -0.625. The highest BCUT2D eigenvalue weighted by molar-refractivity contribution is 6.30. The van der Waals surface area contributed by atoms with Crippen LogP contribution in [0.5, 0.6) is 0 Å². The zero-order chi connectivity index (χ0) is 24.9. The molecule has 4 rings (SSSR count). The number of carbonyl (C=O) groups is 1. The Morgan fingerprint density at radius 2 is 2.00 bits per heavy atom. The molecule has 4 N–H and O–H groups in total. The molecule has 0 spiro atoms. The summed E-state index contributed by atoms with van der Waals surface area (Å²) in [6, 6.07) is 10.9. The number of nitrogens with zero attached hydrogens (tertiary/aromatic N) is 4. The highest BCUT2D eigenvalue weighted by Gasteiger charge is 2.21. The number of amides is 1. The van der Waals surface area contributed by atoms with Crippen molar-refractivity contribution in [1.29, 1.82) is 0 Å². The summed E-state index contributed by atoms with van der Waals surface area (Å²) in [5.41, 5.74) is 7.13. The van der Waals surface area contributed by atoms with Gasteiger partial charge >= 0.3 is 0 Å². The lowest BCUT2D eigenvalue weighted by Gasteiger charge is -2.19. The van der Waals surface area contributed by atoms with E-state index in [1.165, 1.54) is 18.3 Å². The predicted octanol–water partition coefficient (Wildman–Crippen LogP) is 4.19. The van der Waals surface area contributed by atoms with Crippen LogP contribution in [-0.2, 0) is 7.05 Å². The number of fused-ring (bicyclic) bond motifs is 1. The summed E-state index contributed by atoms with van der Waals surface area (Å²) in [6.07, 6.45) is 8.10. The first-order chi connectivity index (χ1) is 16.9. The van der Waals surface area contributed by atoms with Gasteiger partial charge in [0.05, 0.1) is 17.3 Å². The second-order valence-electron chi connectivity index (χ2n) is 7.75. The van der Waals surface area contributed by atoms with Crippen LogP contribution in [0.15, 0.2) is 78.3 Å². The van der Waals surface area contributed by atoms with Crippen molar-refractivity contribution in [3.8, 4) is 0 Å². The lowest BCUT2D eigenvalue weighted by molar-refractivity contribution is 0.0943. The van der Waals surface area contributed by atoms with Crippen molar-refractivity contribution in [2.45, 2.75) is 6.04 Å². The van der Waals surface area contributed by atoms with Gasteiger partial charge in [-0.25, -0.2) is 9.37 Å². The van der Waals surface area contributed by atoms with Crippen LogP contribution in [0.1, 0.15) is 27.5 Å². The molecule has 0 fully saturated rings. The van der Waals surface area contributed by atoms with Gasteiger partial charge in [0.1, 0.15) is 17.5 Å². The third-order valence-corrected chi connectivity index (χ3v) is 5.65. The Morgan fingerprint density at radius 3 is 2.69 bits per heavy atom. The molecule has 2 aromatic heterocycles. The first-order valence-electron chi connectivity index (χ1n) is 10.6. The van der Waals surface area contributed by atoms with Gasteiger partial charge in [-0.1, -0.05) is 23.7 Å². The van der Waals surface area contributed by atoms with Crippen molar-refractivity contribution in [3.63, 3.8) is 0 Å². The van der Waals surface area contributed by atoms with Gasteiger partial charge in [0.2, 0.25) is 0 Å². The van der Waals surface area contributed by atoms with Crippen LogP contribution >= 0.6 is 11.6 Å². The van der Waals surface area contributed by atoms with Gasteiger partial charge in [-0.2, -0.15) is 5.10 Å². The Hall–Kier alpha value is -4.24. The van der Waals surface area contributed by atoms with Crippen LogP contribution in [-0.4, -0.2) is 33.6 Å². The van der Waals surface area contributed by atoms with Crippen LogP contribution in [0, 0.1) is 5.82 Å². The summed E-state index contributed by atoms with van der Waals surface area (Å²) in [5, 5.41) is 11.9. The molecule has 10 heteroatoms. The third-order valence-electron chi connectivity index (χ3n) is 5.35. The topological polar surface area (TPSA) is 110 Å². The van der Waals surface area contributed by atoms with E-state index < -0.39 is 11.9 Å². The molecule has 0 aliphatic carbocycles. The molecule has 0 aliphatic heterocycles. The molecule has 4 aromatic rings. The second-order valence-corrected chi connectivity index (χ2v) is 8.16. The first kappa shape index (κ1) is 23.9. The van der Waals surface area contributed by atoms with Gasteiger partial charge in [0.15, 0.2) is 0 Å². The SMILES string of the molecule is CN=C(C=CN)Nc1cc2cc(C(=O)N[C@@H](c3ccc(Cl)c(F)c3)c3cnn(C)c3)ccc2cn1. The van der Waals surface area contributed by atoms with Gasteiger partial charge in [-0.15, -0.1) is 0 Å². The largest absolute Gasteiger partial charge is 0.404 e. The van der Waals surface area contributed by atoms with Crippen molar-refractivity contribution >= 4 is 39.9 Å². The van der Waals surface area contributed by atoms with E-state index in [1.54, 1.807) is 61.6 Å². The monoisotopic (exact) mass is 491 g/mol. The predicted molar refractivity (Wildman–Crippen MR) is 136 cm³/mol. The smallest absolute Gasteiger partial charge is 0.252 e. The molecular weight excluding hydrogens is 469 g/mol. The van der Waals surface area contributed by atoms with E-state index in [2.05, 4.69) is 25.7 Å². The standard InChI is InChI=1S/C25H23ClFN7O/c1-29-22(7-8-28)32-23-11-18-9-16(3-4-17(18)12-30-23)25(35)33-24(19-13-31-34(2)14-19)15-5-6-20(26)21(27)10-15/h3-14,24H,28H2,1-2H3,(H,33,35)(H,29,30,32)/t24-/m0/s1. The second kappa shape index (κ2) is 10.4. The summed E-state index contributed by atoms with van der Waals surface area (Å²) in [7, 11) is 3.41. The van der Waals surface area contributed by atoms with Gasteiger partial charge in [-0.3, -0.25) is 14.5 Å². The number of aliphatic imine (C=N–C) groups is 1. The van der Waals surface area contributed by atoms with Crippen LogP contribution < -0.4 is 16.4 Å². The molecule has 1 atom stereocenters. The van der Waals surface area contributed by atoms with E-state index in [9.17, 15) is 9.18 Å². The number of halogens is 2. The van der Waals surface area contributed by atoms with Crippen LogP contribution in [0.3, 0.4) is 0 Å². The highest BCUT2D eigenvalue weighted by Crippen LogP contribution is 2.26. The number of anilines is 1. The fourth-order valence-electron chi connectivity index (χ4n) is 3.60.